The molecule has 3 aromatic carbocycles. The van der Waals surface area contributed by atoms with Crippen molar-refractivity contribution < 1.29 is 31.7 Å². The molecule has 0 aromatic heterocycles. The molecule has 0 unspecified atom stereocenters. The van der Waals surface area contributed by atoms with Crippen LogP contribution < -0.4 is 0 Å². The quantitative estimate of drug-likeness (QED) is 0.185. The van der Waals surface area contributed by atoms with E-state index in [9.17, 15) is 27.2 Å². The maximum atomic E-state index is 10.6. The fourth-order valence-electron chi connectivity index (χ4n) is 2.49. The van der Waals surface area contributed by atoms with E-state index in [-0.39, 0.29) is 16.3 Å². The van der Waals surface area contributed by atoms with Crippen LogP contribution in [0.15, 0.2) is 69.7 Å². The van der Waals surface area contributed by atoms with Crippen molar-refractivity contribution >= 4 is 43.1 Å². The lowest BCUT2D eigenvalue weighted by atomic mass is 10.0. The summed E-state index contributed by atoms with van der Waals surface area (Å²) in [5, 5.41) is 19.6. The molecule has 0 amide bonds. The Morgan fingerprint density at radius 2 is 1.30 bits per heavy atom. The zero-order valence-electron chi connectivity index (χ0n) is 19.5. The molecular weight excluding hydrogens is 468 g/mol. The average Bonchev–Trinajstić information content (AvgIpc) is 2.74. The summed E-state index contributed by atoms with van der Waals surface area (Å²) < 4.78 is 55.0. The molecule has 0 spiro atoms. The molecule has 0 radical (unpaired) electrons. The summed E-state index contributed by atoms with van der Waals surface area (Å²) in [5.74, 6) is -0.255. The Labute approximate surface area is 196 Å². The van der Waals surface area contributed by atoms with Crippen molar-refractivity contribution in [3.8, 4) is 5.75 Å². The molecule has 0 heterocycles. The number of fused-ring (bicyclic) bond motifs is 1. The average molecular weight is 501 g/mol. The van der Waals surface area contributed by atoms with Gasteiger partial charge in [0.2, 0.25) is 0 Å². The molecule has 3 rings (SSSR count). The molecule has 0 saturated carbocycles. The van der Waals surface area contributed by atoms with Crippen LogP contribution in [0.2, 0.25) is 0 Å². The molecule has 184 valence electrons. The van der Waals surface area contributed by atoms with E-state index in [1.54, 1.807) is 36.4 Å². The van der Waals surface area contributed by atoms with Gasteiger partial charge in [-0.25, -0.2) is 0 Å². The van der Waals surface area contributed by atoms with Crippen LogP contribution in [-0.2, 0) is 10.1 Å². The standard InChI is InChI=1S/C17H16N2O4S.2C2H6.CH4O3S/c1-11-6-5-7-12-10-14(24(21,22)23)16(17(20)15(11)12)19-18-13-8-3-2-4-9-13;2*1-2;1-5(2,3)4/h2-10,20-23H,1H3;2*1-2H3;1H3,(H,2,3,4). The van der Waals surface area contributed by atoms with Gasteiger partial charge in [0.25, 0.3) is 10.1 Å². The van der Waals surface area contributed by atoms with Gasteiger partial charge in [-0.15, -0.1) is 5.11 Å². The Kier molecular flexibility index (Phi) is 12.8. The molecule has 0 bridgehead atoms. The lowest BCUT2D eigenvalue weighted by molar-refractivity contribution is 0.375. The third-order valence-corrected chi connectivity index (χ3v) is 4.50. The zero-order valence-corrected chi connectivity index (χ0v) is 21.1. The third-order valence-electron chi connectivity index (χ3n) is 3.60. The van der Waals surface area contributed by atoms with E-state index in [1.165, 1.54) is 6.07 Å². The first kappa shape index (κ1) is 30.5. The topological polar surface area (TPSA) is 160 Å². The number of nitrogens with zero attached hydrogens (tertiary/aromatic N) is 2. The number of phenolic OH excluding ortho intramolecular Hbond substituents is 1. The van der Waals surface area contributed by atoms with Crippen molar-refractivity contribution in [2.75, 3.05) is 6.26 Å². The summed E-state index contributed by atoms with van der Waals surface area (Å²) in [6.07, 6.45) is 0.715. The van der Waals surface area contributed by atoms with Gasteiger partial charge in [-0.2, -0.15) is 13.5 Å². The predicted octanol–water partition coefficient (Wildman–Crippen LogP) is 7.41. The molecule has 0 aliphatic rings. The summed E-state index contributed by atoms with van der Waals surface area (Å²) in [5.41, 5.74) is 1.16. The Bertz CT molecular complexity index is 1140. The molecule has 0 fully saturated rings. The highest BCUT2D eigenvalue weighted by atomic mass is 32.3. The smallest absolute Gasteiger partial charge is 0.261 e. The van der Waals surface area contributed by atoms with E-state index in [2.05, 4.69) is 10.2 Å². The predicted molar refractivity (Wildman–Crippen MR) is 135 cm³/mol. The van der Waals surface area contributed by atoms with Crippen LogP contribution in [0.1, 0.15) is 33.3 Å². The lowest BCUT2D eigenvalue weighted by Gasteiger charge is -2.22. The number of aryl methyl sites for hydroxylation is 1. The summed E-state index contributed by atoms with van der Waals surface area (Å²) in [4.78, 5) is -0.266. The van der Waals surface area contributed by atoms with Gasteiger partial charge in [-0.3, -0.25) is 4.55 Å². The summed E-state index contributed by atoms with van der Waals surface area (Å²) in [6.45, 7) is 9.82. The van der Waals surface area contributed by atoms with Crippen molar-refractivity contribution in [2.45, 2.75) is 39.5 Å². The summed E-state index contributed by atoms with van der Waals surface area (Å²) >= 11 is 0. The number of aromatic hydroxyl groups is 1. The first-order chi connectivity index (χ1) is 15.4. The molecule has 9 nitrogen and oxygen atoms in total. The van der Waals surface area contributed by atoms with Crippen molar-refractivity contribution in [1.82, 2.24) is 0 Å². The Hall–Kier alpha value is -2.54. The Balaban J connectivity index is 0.000000991. The molecule has 0 saturated heterocycles. The second kappa shape index (κ2) is 13.9. The molecule has 5 N–H and O–H groups in total. The fraction of sp³-hybridized carbons (Fsp3) is 0.273. The van der Waals surface area contributed by atoms with E-state index >= 15 is 0 Å². The zero-order chi connectivity index (χ0) is 25.8. The first-order valence-corrected chi connectivity index (χ1v) is 13.4. The van der Waals surface area contributed by atoms with Gasteiger partial charge in [-0.1, -0.05) is 64.1 Å². The minimum absolute atomic E-state index is 0.164. The van der Waals surface area contributed by atoms with Gasteiger partial charge in [0.1, 0.15) is 16.6 Å². The van der Waals surface area contributed by atoms with E-state index in [1.807, 2.05) is 46.8 Å². The number of rotatable bonds is 3. The van der Waals surface area contributed by atoms with Crippen LogP contribution in [-0.4, -0.2) is 38.0 Å². The normalized spacial score (nSPS) is 11.5. The van der Waals surface area contributed by atoms with Crippen LogP contribution in [0.3, 0.4) is 0 Å². The van der Waals surface area contributed by atoms with Gasteiger partial charge in [0, 0.05) is 5.39 Å². The summed E-state index contributed by atoms with van der Waals surface area (Å²) in [6, 6.07) is 15.5. The van der Waals surface area contributed by atoms with Crippen molar-refractivity contribution in [1.29, 1.82) is 0 Å². The maximum Gasteiger partial charge on any atom is 0.261 e. The monoisotopic (exact) mass is 500 g/mol. The Morgan fingerprint density at radius 3 is 1.79 bits per heavy atom. The van der Waals surface area contributed by atoms with E-state index in [0.717, 1.165) is 5.56 Å². The van der Waals surface area contributed by atoms with Crippen LogP contribution >= 0.6 is 10.9 Å². The van der Waals surface area contributed by atoms with E-state index < -0.39 is 21.0 Å². The Morgan fingerprint density at radius 1 is 0.788 bits per heavy atom. The maximum absolute atomic E-state index is 10.6. The van der Waals surface area contributed by atoms with Crippen LogP contribution in [0, 0.1) is 6.92 Å². The van der Waals surface area contributed by atoms with Crippen LogP contribution in [0.25, 0.3) is 10.8 Å². The van der Waals surface area contributed by atoms with Gasteiger partial charge in [0.15, 0.2) is 5.75 Å². The molecule has 0 aliphatic carbocycles. The van der Waals surface area contributed by atoms with Gasteiger partial charge in [-0.05, 0) is 36.1 Å². The van der Waals surface area contributed by atoms with Crippen molar-refractivity contribution in [3.63, 3.8) is 0 Å². The third kappa shape index (κ3) is 10.3. The fourth-order valence-corrected chi connectivity index (χ4v) is 3.17. The summed E-state index contributed by atoms with van der Waals surface area (Å²) in [7, 11) is -7.75. The number of azo groups is 1. The van der Waals surface area contributed by atoms with E-state index in [4.69, 9.17) is 4.55 Å². The number of benzene rings is 3. The highest BCUT2D eigenvalue weighted by Crippen LogP contribution is 2.54. The number of hydrogen-bond donors (Lipinski definition) is 5. The van der Waals surface area contributed by atoms with Gasteiger partial charge >= 0.3 is 0 Å². The molecular formula is C22H32N2O7S2. The lowest BCUT2D eigenvalue weighted by Crippen LogP contribution is -1.97. The highest BCUT2D eigenvalue weighted by molar-refractivity contribution is 8.19. The van der Waals surface area contributed by atoms with Crippen LogP contribution in [0.5, 0.6) is 5.75 Å². The van der Waals surface area contributed by atoms with Gasteiger partial charge < -0.3 is 18.8 Å². The minimum Gasteiger partial charge on any atom is -0.505 e. The molecule has 3 aromatic rings. The number of hydrogen-bond acceptors (Lipinski definition) is 8. The molecule has 11 heteroatoms. The SMILES string of the molecule is CC.CC.CS(=O)(=O)O.Cc1cccc2cc(S(O)(O)O)c(N=Nc3ccccc3)c(O)c12. The van der Waals surface area contributed by atoms with Crippen molar-refractivity contribution in [3.05, 3.63) is 60.2 Å². The van der Waals surface area contributed by atoms with Crippen LogP contribution in [0.4, 0.5) is 11.4 Å². The second-order valence-corrected chi connectivity index (χ2v) is 8.98. The number of phenols is 1. The first-order valence-electron chi connectivity index (χ1n) is 10.0. The molecule has 0 aliphatic heterocycles. The second-order valence-electron chi connectivity index (χ2n) is 6.03. The van der Waals surface area contributed by atoms with Gasteiger partial charge in [0.05, 0.1) is 16.8 Å². The minimum atomic E-state index is -4.08. The van der Waals surface area contributed by atoms with Crippen molar-refractivity contribution in [2.24, 2.45) is 10.2 Å². The van der Waals surface area contributed by atoms with E-state index in [0.29, 0.717) is 22.7 Å². The highest BCUT2D eigenvalue weighted by Gasteiger charge is 2.25. The molecule has 33 heavy (non-hydrogen) atoms. The molecule has 0 atom stereocenters. The largest absolute Gasteiger partial charge is 0.505 e.